The standard InChI is InChI=1S/C10H16I4/c1-9(2)4-10(3,5-11)8(14)6(12)7(9)13/h6-8H,4-5H2,1-3H3. The van der Waals surface area contributed by atoms with E-state index >= 15 is 0 Å². The predicted octanol–water partition coefficient (Wildman–Crippen LogP) is 5.27. The van der Waals surface area contributed by atoms with Crippen LogP contribution in [0, 0.1) is 10.8 Å². The molecule has 1 rings (SSSR count). The quantitative estimate of drug-likeness (QED) is 0.270. The van der Waals surface area contributed by atoms with Crippen molar-refractivity contribution in [1.29, 1.82) is 0 Å². The van der Waals surface area contributed by atoms with Gasteiger partial charge in [-0.25, -0.2) is 0 Å². The highest BCUT2D eigenvalue weighted by Gasteiger charge is 2.50. The molecule has 0 amide bonds. The highest BCUT2D eigenvalue weighted by atomic mass is 127. The van der Waals surface area contributed by atoms with Gasteiger partial charge in [0.1, 0.15) is 0 Å². The number of hydrogen-bond donors (Lipinski definition) is 0. The third-order valence-electron chi connectivity index (χ3n) is 3.14. The van der Waals surface area contributed by atoms with Crippen molar-refractivity contribution in [3.63, 3.8) is 0 Å². The lowest BCUT2D eigenvalue weighted by atomic mass is 9.65. The molecule has 0 aromatic carbocycles. The molecule has 1 fully saturated rings. The van der Waals surface area contributed by atoms with Gasteiger partial charge in [-0.05, 0) is 17.3 Å². The molecule has 1 aliphatic rings. The molecule has 0 saturated heterocycles. The molecule has 0 heterocycles. The summed E-state index contributed by atoms with van der Waals surface area (Å²) in [4.78, 5) is 0. The zero-order chi connectivity index (χ0) is 11.1. The zero-order valence-electron chi connectivity index (χ0n) is 8.66. The molecule has 84 valence electrons. The Balaban J connectivity index is 2.96. The van der Waals surface area contributed by atoms with Crippen LogP contribution >= 0.6 is 90.4 Å². The van der Waals surface area contributed by atoms with Crippen LogP contribution in [0.25, 0.3) is 0 Å². The molecule has 0 aromatic heterocycles. The minimum absolute atomic E-state index is 0.494. The van der Waals surface area contributed by atoms with E-state index in [0.717, 1.165) is 11.8 Å². The second kappa shape index (κ2) is 5.27. The van der Waals surface area contributed by atoms with Gasteiger partial charge in [-0.1, -0.05) is 111 Å². The highest BCUT2D eigenvalue weighted by Crippen LogP contribution is 2.54. The molecule has 0 bridgehead atoms. The van der Waals surface area contributed by atoms with Crippen LogP contribution in [0.4, 0.5) is 0 Å². The monoisotopic (exact) mass is 644 g/mol. The maximum atomic E-state index is 2.68. The average molecular weight is 644 g/mol. The summed E-state index contributed by atoms with van der Waals surface area (Å²) < 4.78 is 3.70. The van der Waals surface area contributed by atoms with E-state index in [4.69, 9.17) is 0 Å². The van der Waals surface area contributed by atoms with Crippen molar-refractivity contribution in [2.75, 3.05) is 4.43 Å². The summed E-state index contributed by atoms with van der Waals surface area (Å²) in [6, 6.07) is 0. The van der Waals surface area contributed by atoms with E-state index in [1.165, 1.54) is 10.8 Å². The fourth-order valence-electron chi connectivity index (χ4n) is 2.32. The van der Waals surface area contributed by atoms with Crippen LogP contribution in [0.5, 0.6) is 0 Å². The van der Waals surface area contributed by atoms with Gasteiger partial charge in [0, 0.05) is 16.2 Å². The molecule has 1 aliphatic carbocycles. The SMILES string of the molecule is CC1(C)CC(C)(CI)C(I)C(I)C1I. The fourth-order valence-corrected chi connectivity index (χ4v) is 8.03. The van der Waals surface area contributed by atoms with Gasteiger partial charge in [0.05, 0.1) is 0 Å². The Bertz CT molecular complexity index is 216. The molecule has 0 nitrogen and oxygen atoms in total. The van der Waals surface area contributed by atoms with Gasteiger partial charge in [0.25, 0.3) is 0 Å². The van der Waals surface area contributed by atoms with Crippen molar-refractivity contribution in [3.8, 4) is 0 Å². The molecule has 4 atom stereocenters. The number of halogens is 4. The van der Waals surface area contributed by atoms with Gasteiger partial charge in [-0.3, -0.25) is 0 Å². The van der Waals surface area contributed by atoms with Crippen LogP contribution in [0.15, 0.2) is 0 Å². The molecule has 0 aliphatic heterocycles. The van der Waals surface area contributed by atoms with Gasteiger partial charge in [-0.2, -0.15) is 0 Å². The lowest BCUT2D eigenvalue weighted by Gasteiger charge is -2.51. The lowest BCUT2D eigenvalue weighted by Crippen LogP contribution is -2.52. The molecule has 4 unspecified atom stereocenters. The summed E-state index contributed by atoms with van der Waals surface area (Å²) in [7, 11) is 0. The van der Waals surface area contributed by atoms with Crippen LogP contribution in [0.1, 0.15) is 27.2 Å². The minimum Gasteiger partial charge on any atom is -0.0857 e. The van der Waals surface area contributed by atoms with Crippen LogP contribution in [-0.2, 0) is 0 Å². The van der Waals surface area contributed by atoms with Crippen molar-refractivity contribution in [1.82, 2.24) is 0 Å². The Labute approximate surface area is 142 Å². The topological polar surface area (TPSA) is 0 Å². The summed E-state index contributed by atoms with van der Waals surface area (Å²) in [6.07, 6.45) is 1.36. The second-order valence-electron chi connectivity index (χ2n) is 5.20. The number of hydrogen-bond acceptors (Lipinski definition) is 0. The van der Waals surface area contributed by atoms with Crippen molar-refractivity contribution in [2.24, 2.45) is 10.8 Å². The van der Waals surface area contributed by atoms with Crippen molar-refractivity contribution in [2.45, 2.75) is 39.0 Å². The first kappa shape index (κ1) is 15.0. The lowest BCUT2D eigenvalue weighted by molar-refractivity contribution is 0.158. The van der Waals surface area contributed by atoms with Crippen molar-refractivity contribution in [3.05, 3.63) is 0 Å². The highest BCUT2D eigenvalue weighted by molar-refractivity contribution is 14.1. The summed E-state index contributed by atoms with van der Waals surface area (Å²) in [5, 5.41) is 0. The van der Waals surface area contributed by atoms with Crippen LogP contribution in [0.3, 0.4) is 0 Å². The van der Waals surface area contributed by atoms with Crippen LogP contribution in [-0.4, -0.2) is 16.2 Å². The molecule has 0 aromatic rings. The van der Waals surface area contributed by atoms with E-state index in [9.17, 15) is 0 Å². The Kier molecular flexibility index (Phi) is 5.64. The van der Waals surface area contributed by atoms with Gasteiger partial charge in [-0.15, -0.1) is 0 Å². The largest absolute Gasteiger partial charge is 0.0857 e. The fraction of sp³-hybridized carbons (Fsp3) is 1.00. The average Bonchev–Trinajstić information content (AvgIpc) is 2.11. The van der Waals surface area contributed by atoms with E-state index in [1.54, 1.807) is 0 Å². The molecule has 14 heavy (non-hydrogen) atoms. The van der Waals surface area contributed by atoms with Gasteiger partial charge < -0.3 is 0 Å². The predicted molar refractivity (Wildman–Crippen MR) is 98.8 cm³/mol. The van der Waals surface area contributed by atoms with E-state index < -0.39 is 0 Å². The molecular weight excluding hydrogens is 628 g/mol. The van der Waals surface area contributed by atoms with Crippen LogP contribution < -0.4 is 0 Å². The Morgan fingerprint density at radius 2 is 1.57 bits per heavy atom. The molecule has 0 N–H and O–H groups in total. The Morgan fingerprint density at radius 3 is 2.00 bits per heavy atom. The summed E-state index contributed by atoms with van der Waals surface area (Å²) in [5.41, 5.74) is 1.02. The maximum absolute atomic E-state index is 2.68. The molecular formula is C10H16I4. The second-order valence-corrected chi connectivity index (χ2v) is 10.1. The summed E-state index contributed by atoms with van der Waals surface area (Å²) >= 11 is 10.6. The summed E-state index contributed by atoms with van der Waals surface area (Å²) in [6.45, 7) is 7.33. The number of alkyl halides is 4. The van der Waals surface area contributed by atoms with Crippen molar-refractivity contribution >= 4 is 90.4 Å². The molecule has 0 spiro atoms. The zero-order valence-corrected chi connectivity index (χ0v) is 17.3. The van der Waals surface area contributed by atoms with Crippen molar-refractivity contribution < 1.29 is 0 Å². The third kappa shape index (κ3) is 2.84. The first-order valence-corrected chi connectivity index (χ1v) is 9.99. The van der Waals surface area contributed by atoms with E-state index in [2.05, 4.69) is 111 Å². The van der Waals surface area contributed by atoms with E-state index in [1.807, 2.05) is 0 Å². The van der Waals surface area contributed by atoms with Crippen LogP contribution in [0.2, 0.25) is 0 Å². The Morgan fingerprint density at radius 1 is 1.07 bits per heavy atom. The van der Waals surface area contributed by atoms with Gasteiger partial charge in [0.2, 0.25) is 0 Å². The smallest absolute Gasteiger partial charge is 0.0356 e. The first-order chi connectivity index (χ1) is 6.24. The van der Waals surface area contributed by atoms with E-state index in [0.29, 0.717) is 10.8 Å². The molecule has 4 heteroatoms. The van der Waals surface area contributed by atoms with E-state index in [-0.39, 0.29) is 0 Å². The van der Waals surface area contributed by atoms with Gasteiger partial charge >= 0.3 is 0 Å². The number of rotatable bonds is 1. The first-order valence-electron chi connectivity index (χ1n) is 4.73. The molecule has 1 saturated carbocycles. The summed E-state index contributed by atoms with van der Waals surface area (Å²) in [5.74, 6) is 0. The Hall–Kier alpha value is 2.92. The third-order valence-corrected chi connectivity index (χ3v) is 13.8. The molecule has 0 radical (unpaired) electrons. The normalized spacial score (nSPS) is 47.8. The van der Waals surface area contributed by atoms with Gasteiger partial charge in [0.15, 0.2) is 0 Å². The minimum atomic E-state index is 0.494. The maximum Gasteiger partial charge on any atom is 0.0356 e.